The zero-order valence-corrected chi connectivity index (χ0v) is 11.2. The first-order valence-electron chi connectivity index (χ1n) is 6.49. The number of allylic oxidation sites excluding steroid dienone is 1. The predicted octanol–water partition coefficient (Wildman–Crippen LogP) is 2.47. The monoisotopic (exact) mass is 268 g/mol. The van der Waals surface area contributed by atoms with E-state index in [4.69, 9.17) is 0 Å². The van der Waals surface area contributed by atoms with Crippen LogP contribution in [0.5, 0.6) is 0 Å². The summed E-state index contributed by atoms with van der Waals surface area (Å²) >= 11 is 0. The molecule has 1 aromatic carbocycles. The minimum atomic E-state index is -0.976. The average Bonchev–Trinajstić information content (AvgIpc) is 2.95. The molecule has 102 valence electrons. The maximum Gasteiger partial charge on any atom is 0.309 e. The number of hydrogen-bond acceptors (Lipinski definition) is 3. The van der Waals surface area contributed by atoms with Gasteiger partial charge in [0.05, 0.1) is 17.9 Å². The van der Waals surface area contributed by atoms with Crippen molar-refractivity contribution < 1.29 is 9.90 Å². The average molecular weight is 268 g/mol. The summed E-state index contributed by atoms with van der Waals surface area (Å²) in [5, 5.41) is 18.8. The molecule has 4 heteroatoms. The van der Waals surface area contributed by atoms with Gasteiger partial charge in [-0.25, -0.2) is 0 Å². The van der Waals surface area contributed by atoms with Crippen molar-refractivity contribution in [2.75, 3.05) is 0 Å². The van der Waals surface area contributed by atoms with Gasteiger partial charge in [0.2, 0.25) is 0 Å². The van der Waals surface area contributed by atoms with Crippen molar-refractivity contribution in [3.05, 3.63) is 48.0 Å². The molecule has 0 saturated carbocycles. The molecule has 1 aromatic rings. The number of carboxylic acids is 1. The molecule has 20 heavy (non-hydrogen) atoms. The second-order valence-corrected chi connectivity index (χ2v) is 4.96. The fraction of sp³-hybridized carbons (Fsp3) is 0.312. The first-order valence-corrected chi connectivity index (χ1v) is 6.49. The van der Waals surface area contributed by atoms with Gasteiger partial charge in [0.15, 0.2) is 0 Å². The zero-order valence-electron chi connectivity index (χ0n) is 11.2. The molecule has 4 nitrogen and oxygen atoms in total. The second-order valence-electron chi connectivity index (χ2n) is 4.96. The topological polar surface area (TPSA) is 73.5 Å². The second kappa shape index (κ2) is 5.70. The molecule has 2 rings (SSSR count). The van der Waals surface area contributed by atoms with Gasteiger partial charge in [-0.15, -0.1) is 0 Å². The summed E-state index contributed by atoms with van der Waals surface area (Å²) in [7, 11) is 0. The highest BCUT2D eigenvalue weighted by atomic mass is 16.4. The van der Waals surface area contributed by atoms with Gasteiger partial charge < -0.3 is 5.11 Å². The van der Waals surface area contributed by atoms with Crippen molar-refractivity contribution >= 4 is 12.2 Å². The van der Waals surface area contributed by atoms with E-state index in [2.05, 4.69) is 11.1 Å². The van der Waals surface area contributed by atoms with E-state index in [1.54, 1.807) is 25.3 Å². The maximum atomic E-state index is 11.7. The Kier molecular flexibility index (Phi) is 3.99. The number of nitrogens with zero attached hydrogens (tertiary/aromatic N) is 2. The standard InChI is InChI=1S/C16H16N2O2/c1-12(11-17)16(8-5-9-18-16)14(15(19)20)10-13-6-3-2-4-7-13/h2-9,12,14H,10H2,1H3,(H,19,20). The fourth-order valence-electron chi connectivity index (χ4n) is 2.58. The van der Waals surface area contributed by atoms with Crippen LogP contribution in [-0.4, -0.2) is 22.8 Å². The lowest BCUT2D eigenvalue weighted by Gasteiger charge is -2.33. The highest BCUT2D eigenvalue weighted by molar-refractivity contribution is 5.80. The molecule has 0 fully saturated rings. The highest BCUT2D eigenvalue weighted by Gasteiger charge is 2.46. The lowest BCUT2D eigenvalue weighted by atomic mass is 9.73. The van der Waals surface area contributed by atoms with Crippen LogP contribution < -0.4 is 0 Å². The van der Waals surface area contributed by atoms with Gasteiger partial charge >= 0.3 is 5.97 Å². The van der Waals surface area contributed by atoms with Crippen molar-refractivity contribution in [2.24, 2.45) is 16.8 Å². The first-order chi connectivity index (χ1) is 9.60. The molecule has 1 aliphatic rings. The van der Waals surface area contributed by atoms with Gasteiger partial charge in [0.25, 0.3) is 0 Å². The SMILES string of the molecule is CC(C#N)C1(C(Cc2ccccc2)C(=O)O)C=CC=N1. The van der Waals surface area contributed by atoms with Crippen LogP contribution in [0.4, 0.5) is 0 Å². The Bertz CT molecular complexity index is 572. The third-order valence-corrected chi connectivity index (χ3v) is 3.77. The summed E-state index contributed by atoms with van der Waals surface area (Å²) in [5.41, 5.74) is -0.0453. The lowest BCUT2D eigenvalue weighted by molar-refractivity contribution is -0.143. The first kappa shape index (κ1) is 14.0. The minimum absolute atomic E-state index is 0.351. The number of nitriles is 1. The van der Waals surface area contributed by atoms with Gasteiger partial charge in [-0.2, -0.15) is 5.26 Å². The number of carbonyl (C=O) groups is 1. The molecule has 0 aromatic heterocycles. The summed E-state index contributed by atoms with van der Waals surface area (Å²) in [5.74, 6) is -2.18. The Morgan fingerprint density at radius 1 is 1.45 bits per heavy atom. The van der Waals surface area contributed by atoms with E-state index in [0.717, 1.165) is 5.56 Å². The number of hydrogen-bond donors (Lipinski definition) is 1. The van der Waals surface area contributed by atoms with E-state index >= 15 is 0 Å². The molecule has 0 saturated heterocycles. The van der Waals surface area contributed by atoms with Crippen LogP contribution in [0.1, 0.15) is 12.5 Å². The lowest BCUT2D eigenvalue weighted by Crippen LogP contribution is -2.44. The molecular formula is C16H16N2O2. The predicted molar refractivity (Wildman–Crippen MR) is 76.4 cm³/mol. The van der Waals surface area contributed by atoms with Crippen molar-refractivity contribution in [2.45, 2.75) is 18.9 Å². The summed E-state index contributed by atoms with van der Waals surface area (Å²) in [4.78, 5) is 16.0. The Labute approximate surface area is 118 Å². The zero-order chi connectivity index (χ0) is 14.6. The molecule has 0 bridgehead atoms. The quantitative estimate of drug-likeness (QED) is 0.891. The molecular weight excluding hydrogens is 252 g/mol. The molecule has 0 aliphatic carbocycles. The Hall–Kier alpha value is -2.41. The molecule has 1 heterocycles. The van der Waals surface area contributed by atoms with Gasteiger partial charge in [-0.05, 0) is 25.0 Å². The highest BCUT2D eigenvalue weighted by Crippen LogP contribution is 2.36. The number of aliphatic imine (C=N–C) groups is 1. The van der Waals surface area contributed by atoms with Crippen LogP contribution in [0.2, 0.25) is 0 Å². The largest absolute Gasteiger partial charge is 0.481 e. The van der Waals surface area contributed by atoms with Crippen LogP contribution in [0.15, 0.2) is 47.5 Å². The third-order valence-electron chi connectivity index (χ3n) is 3.77. The minimum Gasteiger partial charge on any atom is -0.481 e. The van der Waals surface area contributed by atoms with Crippen LogP contribution >= 0.6 is 0 Å². The smallest absolute Gasteiger partial charge is 0.309 e. The van der Waals surface area contributed by atoms with Crippen LogP contribution in [0.25, 0.3) is 0 Å². The maximum absolute atomic E-state index is 11.7. The summed E-state index contributed by atoms with van der Waals surface area (Å²) in [6.07, 6.45) is 5.38. The number of benzene rings is 1. The molecule has 0 amide bonds. The van der Waals surface area contributed by atoms with Crippen molar-refractivity contribution in [3.63, 3.8) is 0 Å². The fourth-order valence-corrected chi connectivity index (χ4v) is 2.58. The molecule has 0 radical (unpaired) electrons. The van der Waals surface area contributed by atoms with E-state index in [-0.39, 0.29) is 0 Å². The molecule has 3 atom stereocenters. The van der Waals surface area contributed by atoms with Crippen LogP contribution in [0.3, 0.4) is 0 Å². The van der Waals surface area contributed by atoms with E-state index in [0.29, 0.717) is 6.42 Å². The summed E-state index contributed by atoms with van der Waals surface area (Å²) in [6.45, 7) is 1.72. The Morgan fingerprint density at radius 3 is 2.65 bits per heavy atom. The van der Waals surface area contributed by atoms with Crippen molar-refractivity contribution in [1.82, 2.24) is 0 Å². The number of rotatable bonds is 5. The Balaban J connectivity index is 2.37. The van der Waals surface area contributed by atoms with E-state index < -0.39 is 23.3 Å². The van der Waals surface area contributed by atoms with Gasteiger partial charge in [-0.3, -0.25) is 9.79 Å². The summed E-state index contributed by atoms with van der Waals surface area (Å²) < 4.78 is 0. The van der Waals surface area contributed by atoms with Crippen LogP contribution in [0, 0.1) is 23.2 Å². The van der Waals surface area contributed by atoms with Crippen molar-refractivity contribution in [3.8, 4) is 6.07 Å². The van der Waals surface area contributed by atoms with E-state index in [1.807, 2.05) is 30.3 Å². The normalized spacial score (nSPS) is 23.2. The number of carboxylic acid groups (broad SMARTS) is 1. The molecule has 1 N–H and O–H groups in total. The van der Waals surface area contributed by atoms with E-state index in [1.165, 1.54) is 0 Å². The number of aliphatic carboxylic acids is 1. The van der Waals surface area contributed by atoms with Crippen molar-refractivity contribution in [1.29, 1.82) is 5.26 Å². The van der Waals surface area contributed by atoms with Crippen LogP contribution in [-0.2, 0) is 11.2 Å². The third kappa shape index (κ3) is 2.48. The Morgan fingerprint density at radius 2 is 2.15 bits per heavy atom. The molecule has 3 unspecified atom stereocenters. The summed E-state index contributed by atoms with van der Waals surface area (Å²) in [6, 6.07) is 11.6. The van der Waals surface area contributed by atoms with Gasteiger partial charge in [0, 0.05) is 6.21 Å². The molecule has 0 spiro atoms. The molecule has 1 aliphatic heterocycles. The van der Waals surface area contributed by atoms with Gasteiger partial charge in [0.1, 0.15) is 5.54 Å². The van der Waals surface area contributed by atoms with Gasteiger partial charge in [-0.1, -0.05) is 36.4 Å². The van der Waals surface area contributed by atoms with E-state index in [9.17, 15) is 15.2 Å².